The number of hydrogen-bond acceptors (Lipinski definition) is 7. The minimum absolute atomic E-state index is 0.0166. The fraction of sp³-hybridized carbons (Fsp3) is 0.476. The molecular formula is C21H28N4O3. The number of nitrogens with one attached hydrogen (secondary N) is 1. The summed E-state index contributed by atoms with van der Waals surface area (Å²) in [6.45, 7) is 6.57. The van der Waals surface area contributed by atoms with Gasteiger partial charge >= 0.3 is 0 Å². The van der Waals surface area contributed by atoms with Crippen molar-refractivity contribution < 1.29 is 14.9 Å². The Bertz CT molecular complexity index is 810. The number of aromatic hydroxyl groups is 1. The summed E-state index contributed by atoms with van der Waals surface area (Å²) in [4.78, 5) is 11.5. The van der Waals surface area contributed by atoms with E-state index < -0.39 is 0 Å². The predicted molar refractivity (Wildman–Crippen MR) is 111 cm³/mol. The van der Waals surface area contributed by atoms with E-state index in [-0.39, 0.29) is 24.3 Å². The number of benzene rings is 1. The lowest BCUT2D eigenvalue weighted by atomic mass is 9.92. The molecule has 1 aromatic rings. The van der Waals surface area contributed by atoms with Gasteiger partial charge in [0.25, 0.3) is 0 Å². The predicted octanol–water partition coefficient (Wildman–Crippen LogP) is 2.24. The van der Waals surface area contributed by atoms with Crippen LogP contribution in [0.5, 0.6) is 5.75 Å². The molecule has 0 aromatic heterocycles. The van der Waals surface area contributed by atoms with E-state index in [0.29, 0.717) is 50.1 Å². The second kappa shape index (κ2) is 9.12. The third-order valence-corrected chi connectivity index (χ3v) is 5.19. The summed E-state index contributed by atoms with van der Waals surface area (Å²) in [6.07, 6.45) is 2.56. The average Bonchev–Trinajstić information content (AvgIpc) is 2.73. The number of nitrogens with zero attached hydrogens (tertiary/aromatic N) is 3. The maximum atomic E-state index is 9.85. The normalized spacial score (nSPS) is 22.0. The molecule has 1 saturated heterocycles. The lowest BCUT2D eigenvalue weighted by molar-refractivity contribution is 0.0688. The van der Waals surface area contributed by atoms with Crippen LogP contribution in [0.15, 0.2) is 45.9 Å². The van der Waals surface area contributed by atoms with E-state index in [9.17, 15) is 10.2 Å². The van der Waals surface area contributed by atoms with Crippen LogP contribution in [-0.4, -0.2) is 71.4 Å². The molecule has 3 rings (SSSR count). The first-order chi connectivity index (χ1) is 13.5. The van der Waals surface area contributed by atoms with Crippen molar-refractivity contribution in [1.29, 1.82) is 5.41 Å². The first-order valence-electron chi connectivity index (χ1n) is 9.66. The molecule has 3 N–H and O–H groups in total. The maximum Gasteiger partial charge on any atom is 0.157 e. The van der Waals surface area contributed by atoms with Crippen molar-refractivity contribution in [3.05, 3.63) is 41.5 Å². The number of phenols is 1. The lowest BCUT2D eigenvalue weighted by Gasteiger charge is -2.33. The summed E-state index contributed by atoms with van der Waals surface area (Å²) in [5.74, 6) is 1.31. The second-order valence-electron chi connectivity index (χ2n) is 7.12. The molecule has 0 saturated carbocycles. The van der Waals surface area contributed by atoms with Crippen LogP contribution in [0.1, 0.15) is 25.8 Å². The van der Waals surface area contributed by atoms with Crippen molar-refractivity contribution in [3.63, 3.8) is 0 Å². The highest BCUT2D eigenvalue weighted by atomic mass is 16.5. The molecule has 1 unspecified atom stereocenters. The van der Waals surface area contributed by atoms with Crippen LogP contribution >= 0.6 is 0 Å². The van der Waals surface area contributed by atoms with Crippen LogP contribution in [0.4, 0.5) is 0 Å². The molecular weight excluding hydrogens is 356 g/mol. The standard InChI is InChI=1S/C21H28N4O3/c1-3-15(14(2)13-26)12-18-19(22)21(25-7-9-28-10-8-25)24-20(23-18)16-5-4-6-17(27)11-16/h3-6,11,14,18,22,26-27H,7-10,12-13H2,1-2H3/b15-3+,22-19?/t14-,18?/m1/s1. The van der Waals surface area contributed by atoms with Gasteiger partial charge in [-0.1, -0.05) is 30.7 Å². The van der Waals surface area contributed by atoms with E-state index in [1.54, 1.807) is 18.2 Å². The third-order valence-electron chi connectivity index (χ3n) is 5.19. The quantitative estimate of drug-likeness (QED) is 0.678. The van der Waals surface area contributed by atoms with E-state index in [1.807, 2.05) is 26.0 Å². The van der Waals surface area contributed by atoms with E-state index in [4.69, 9.17) is 15.1 Å². The van der Waals surface area contributed by atoms with Gasteiger partial charge in [-0.05, 0) is 25.5 Å². The highest BCUT2D eigenvalue weighted by Gasteiger charge is 2.30. The molecule has 28 heavy (non-hydrogen) atoms. The molecule has 7 heteroatoms. The fourth-order valence-electron chi connectivity index (χ4n) is 3.44. The number of aliphatic hydroxyl groups excluding tert-OH is 1. The van der Waals surface area contributed by atoms with E-state index in [2.05, 4.69) is 9.89 Å². The average molecular weight is 384 g/mol. The van der Waals surface area contributed by atoms with Gasteiger partial charge in [0.2, 0.25) is 0 Å². The molecule has 0 bridgehead atoms. The van der Waals surface area contributed by atoms with Crippen LogP contribution in [-0.2, 0) is 4.74 Å². The zero-order valence-corrected chi connectivity index (χ0v) is 16.4. The number of phenolic OH excluding ortho intramolecular Hbond substituents is 1. The molecule has 2 heterocycles. The van der Waals surface area contributed by atoms with Crippen molar-refractivity contribution in [3.8, 4) is 5.75 Å². The maximum absolute atomic E-state index is 9.85. The number of hydrogen-bond donors (Lipinski definition) is 3. The molecule has 7 nitrogen and oxygen atoms in total. The van der Waals surface area contributed by atoms with Gasteiger partial charge in [0.1, 0.15) is 11.8 Å². The summed E-state index contributed by atoms with van der Waals surface area (Å²) < 4.78 is 5.44. The number of allylic oxidation sites excluding steroid dienone is 1. The summed E-state index contributed by atoms with van der Waals surface area (Å²) in [6, 6.07) is 6.49. The molecule has 0 radical (unpaired) electrons. The first kappa shape index (κ1) is 20.2. The molecule has 0 aliphatic carbocycles. The number of rotatable bonds is 5. The molecule has 1 aromatic carbocycles. The number of morpholine rings is 1. The number of amidine groups is 2. The smallest absolute Gasteiger partial charge is 0.157 e. The molecule has 1 fully saturated rings. The van der Waals surface area contributed by atoms with Crippen LogP contribution in [0.2, 0.25) is 0 Å². The van der Waals surface area contributed by atoms with Gasteiger partial charge in [-0.3, -0.25) is 10.4 Å². The Hall–Kier alpha value is -2.51. The van der Waals surface area contributed by atoms with Gasteiger partial charge in [-0.15, -0.1) is 0 Å². The summed E-state index contributed by atoms with van der Waals surface area (Å²) in [5, 5.41) is 28.1. The summed E-state index contributed by atoms with van der Waals surface area (Å²) in [7, 11) is 0. The Kier molecular flexibility index (Phi) is 6.59. The molecule has 0 amide bonds. The molecule has 2 atom stereocenters. The second-order valence-corrected chi connectivity index (χ2v) is 7.12. The molecule has 0 spiro atoms. The van der Waals surface area contributed by atoms with Crippen molar-refractivity contribution in [2.75, 3.05) is 32.9 Å². The zero-order valence-electron chi connectivity index (χ0n) is 16.4. The highest BCUT2D eigenvalue weighted by Crippen LogP contribution is 2.24. The topological polar surface area (TPSA) is 102 Å². The van der Waals surface area contributed by atoms with Gasteiger partial charge < -0.3 is 19.8 Å². The van der Waals surface area contributed by atoms with Crippen molar-refractivity contribution in [2.45, 2.75) is 26.3 Å². The number of aliphatic imine (C=N–C) groups is 2. The molecule has 2 aliphatic rings. The van der Waals surface area contributed by atoms with Crippen LogP contribution in [0.3, 0.4) is 0 Å². The SMILES string of the molecule is C/C=C(\CC1N=C(c2cccc(O)c2)N=C(N2CCOCC2)C1=N)[C@H](C)CO. The van der Waals surface area contributed by atoms with E-state index in [0.717, 1.165) is 11.1 Å². The Morgan fingerprint density at radius 1 is 1.39 bits per heavy atom. The van der Waals surface area contributed by atoms with E-state index in [1.165, 1.54) is 0 Å². The Balaban J connectivity index is 1.97. The lowest BCUT2D eigenvalue weighted by Crippen LogP contribution is -2.48. The minimum Gasteiger partial charge on any atom is -0.508 e. The monoisotopic (exact) mass is 384 g/mol. The minimum atomic E-state index is -0.382. The zero-order chi connectivity index (χ0) is 20.1. The van der Waals surface area contributed by atoms with Gasteiger partial charge in [0.05, 0.1) is 18.9 Å². The largest absolute Gasteiger partial charge is 0.508 e. The summed E-state index contributed by atoms with van der Waals surface area (Å²) in [5.41, 5.74) is 2.18. The van der Waals surface area contributed by atoms with Crippen LogP contribution < -0.4 is 0 Å². The van der Waals surface area contributed by atoms with Crippen molar-refractivity contribution in [2.24, 2.45) is 15.9 Å². The third kappa shape index (κ3) is 4.48. The molecule has 2 aliphatic heterocycles. The summed E-state index contributed by atoms with van der Waals surface area (Å²) >= 11 is 0. The first-order valence-corrected chi connectivity index (χ1v) is 9.66. The van der Waals surface area contributed by atoms with Gasteiger partial charge in [0.15, 0.2) is 11.7 Å². The van der Waals surface area contributed by atoms with Gasteiger partial charge in [-0.25, -0.2) is 4.99 Å². The van der Waals surface area contributed by atoms with Crippen LogP contribution in [0.25, 0.3) is 0 Å². The van der Waals surface area contributed by atoms with E-state index >= 15 is 0 Å². The van der Waals surface area contributed by atoms with Crippen LogP contribution in [0, 0.1) is 11.3 Å². The highest BCUT2D eigenvalue weighted by molar-refractivity contribution is 6.45. The Morgan fingerprint density at radius 2 is 2.14 bits per heavy atom. The van der Waals surface area contributed by atoms with Gasteiger partial charge in [0, 0.05) is 31.2 Å². The molecule has 150 valence electrons. The number of ether oxygens (including phenoxy) is 1. The Labute approximate surface area is 165 Å². The number of aliphatic hydroxyl groups is 1. The van der Waals surface area contributed by atoms with Crippen molar-refractivity contribution >= 4 is 17.4 Å². The Morgan fingerprint density at radius 3 is 2.79 bits per heavy atom. The van der Waals surface area contributed by atoms with Crippen molar-refractivity contribution in [1.82, 2.24) is 4.90 Å². The van der Waals surface area contributed by atoms with Gasteiger partial charge in [-0.2, -0.15) is 0 Å². The fourth-order valence-corrected chi connectivity index (χ4v) is 3.44.